The van der Waals surface area contributed by atoms with Crippen molar-refractivity contribution in [3.05, 3.63) is 0 Å². The molecule has 0 unspecified atom stereocenters. The maximum absolute atomic E-state index is 12.5. The van der Waals surface area contributed by atoms with Crippen LogP contribution in [0.5, 0.6) is 0 Å². The number of unbranched alkanes of at least 4 members (excludes halogenated alkanes) is 10. The number of carboxylic acid groups (broad SMARTS) is 1. The van der Waals surface area contributed by atoms with Crippen molar-refractivity contribution >= 4 is 81.5 Å². The van der Waals surface area contributed by atoms with E-state index in [9.17, 15) is 23.1 Å². The molecule has 0 rings (SSSR count). The predicted octanol–water partition coefficient (Wildman–Crippen LogP) is 4.00. The zero-order chi connectivity index (χ0) is 21.5. The average Bonchev–Trinajstić information content (AvgIpc) is 2.58. The number of carbonyl (C=O) groups excluding carboxylic acids is 1. The Hall–Kier alpha value is 0.850. The Morgan fingerprint density at radius 2 is 1.13 bits per heavy atom. The second-order valence-corrected chi connectivity index (χ2v) is 8.71. The van der Waals surface area contributed by atoms with Gasteiger partial charge in [-0.15, -0.1) is 0 Å². The Kier molecular flexibility index (Phi) is 24.2. The zero-order valence-corrected chi connectivity index (χ0v) is 18.3. The van der Waals surface area contributed by atoms with E-state index in [1.54, 1.807) is 0 Å². The quantitative estimate of drug-likeness (QED) is 0.177. The summed E-state index contributed by atoms with van der Waals surface area (Å²) in [6, 6.07) is 0. The minimum absolute atomic E-state index is 0. The van der Waals surface area contributed by atoms with Crippen molar-refractivity contribution in [2.75, 3.05) is 0 Å². The summed E-state index contributed by atoms with van der Waals surface area (Å²) < 4.78 is 35.2. The van der Waals surface area contributed by atoms with Crippen LogP contribution >= 0.6 is 0 Å². The van der Waals surface area contributed by atoms with E-state index < -0.39 is 34.2 Å². The molecule has 0 aromatic rings. The van der Waals surface area contributed by atoms with E-state index in [1.165, 1.54) is 0 Å². The molecular weight excluding hydrogens is 430 g/mol. The maximum atomic E-state index is 12.5. The normalized spacial score (nSPS) is 11.3. The van der Waals surface area contributed by atoms with Gasteiger partial charge in [0.1, 0.15) is 0 Å². The van der Waals surface area contributed by atoms with Crippen LogP contribution in [0.2, 0.25) is 0 Å². The SMILES string of the molecule is CCCCCCCCC(CCCCCCCC)(CC(=O)O)C(=O)OS(=O)(=O)O.[NaH].[NaH]. The molecule has 0 aliphatic rings. The summed E-state index contributed by atoms with van der Waals surface area (Å²) in [6.45, 7) is 4.23. The van der Waals surface area contributed by atoms with Crippen molar-refractivity contribution in [2.24, 2.45) is 5.41 Å². The Morgan fingerprint density at radius 3 is 1.47 bits per heavy atom. The molecule has 0 heterocycles. The molecule has 0 aliphatic heterocycles. The van der Waals surface area contributed by atoms with Gasteiger partial charge in [-0.2, -0.15) is 8.42 Å². The molecule has 0 amide bonds. The second-order valence-electron chi connectivity index (χ2n) is 7.68. The van der Waals surface area contributed by atoms with Crippen molar-refractivity contribution < 1.29 is 31.8 Å². The van der Waals surface area contributed by atoms with Gasteiger partial charge in [-0.05, 0) is 12.8 Å². The molecule has 0 spiro atoms. The Morgan fingerprint density at radius 1 is 0.767 bits per heavy atom. The van der Waals surface area contributed by atoms with Crippen LogP contribution in [-0.4, -0.2) is 89.1 Å². The molecule has 0 fully saturated rings. The van der Waals surface area contributed by atoms with Crippen LogP contribution in [-0.2, 0) is 24.2 Å². The van der Waals surface area contributed by atoms with Crippen molar-refractivity contribution in [2.45, 2.75) is 110 Å². The van der Waals surface area contributed by atoms with Gasteiger partial charge in [-0.25, -0.2) is 0 Å². The van der Waals surface area contributed by atoms with Crippen molar-refractivity contribution in [3.63, 3.8) is 0 Å². The molecule has 0 saturated carbocycles. The molecule has 0 aromatic heterocycles. The van der Waals surface area contributed by atoms with Crippen molar-refractivity contribution in [3.8, 4) is 0 Å². The van der Waals surface area contributed by atoms with E-state index in [1.807, 2.05) is 0 Å². The molecule has 2 N–H and O–H groups in total. The van der Waals surface area contributed by atoms with Gasteiger partial charge in [-0.1, -0.05) is 90.9 Å². The van der Waals surface area contributed by atoms with Gasteiger partial charge >= 0.3 is 81.5 Å². The minimum atomic E-state index is -4.97. The summed E-state index contributed by atoms with van der Waals surface area (Å²) in [7, 11) is -4.97. The number of aliphatic carboxylic acids is 1. The molecule has 0 radical (unpaired) electrons. The molecular formula is C20H40Na2O7S. The molecule has 170 valence electrons. The van der Waals surface area contributed by atoms with Gasteiger partial charge in [0.25, 0.3) is 0 Å². The van der Waals surface area contributed by atoms with Crippen LogP contribution in [0.15, 0.2) is 0 Å². The Bertz CT molecular complexity index is 537. The first kappa shape index (κ1) is 35.4. The summed E-state index contributed by atoms with van der Waals surface area (Å²) in [4.78, 5) is 23.9. The zero-order valence-electron chi connectivity index (χ0n) is 17.5. The standard InChI is InChI=1S/C20H38O7S.2Na.2H/c1-3-5-7-9-11-13-15-20(17-18(21)22,19(23)27-28(24,25)26)16-14-12-10-8-6-4-2;;;;/h3-17H2,1-2H3,(H,21,22)(H,24,25,26);;;;. The first-order valence-electron chi connectivity index (χ1n) is 10.6. The first-order valence-corrected chi connectivity index (χ1v) is 12.0. The van der Waals surface area contributed by atoms with Crippen LogP contribution < -0.4 is 0 Å². The summed E-state index contributed by atoms with van der Waals surface area (Å²) in [5.74, 6) is -2.33. The van der Waals surface area contributed by atoms with Gasteiger partial charge < -0.3 is 9.29 Å². The molecule has 0 bridgehead atoms. The number of carboxylic acids is 1. The summed E-state index contributed by atoms with van der Waals surface area (Å²) >= 11 is 0. The summed E-state index contributed by atoms with van der Waals surface area (Å²) in [5, 5.41) is 9.32. The Labute approximate surface area is 227 Å². The van der Waals surface area contributed by atoms with Crippen molar-refractivity contribution in [1.29, 1.82) is 0 Å². The predicted molar refractivity (Wildman–Crippen MR) is 123 cm³/mol. The molecule has 30 heavy (non-hydrogen) atoms. The number of rotatable bonds is 18. The van der Waals surface area contributed by atoms with Gasteiger partial charge in [0.2, 0.25) is 0 Å². The van der Waals surface area contributed by atoms with Crippen LogP contribution in [0.4, 0.5) is 0 Å². The fourth-order valence-electron chi connectivity index (χ4n) is 3.54. The third-order valence-corrected chi connectivity index (χ3v) is 5.48. The molecule has 0 aliphatic carbocycles. The first-order chi connectivity index (χ1) is 13.2. The van der Waals surface area contributed by atoms with E-state index in [2.05, 4.69) is 18.0 Å². The number of hydrogen-bond donors (Lipinski definition) is 2. The van der Waals surface area contributed by atoms with Gasteiger partial charge in [0.05, 0.1) is 11.8 Å². The summed E-state index contributed by atoms with van der Waals surface area (Å²) in [6.07, 6.45) is 11.5. The van der Waals surface area contributed by atoms with Gasteiger partial charge in [0.15, 0.2) is 0 Å². The third-order valence-electron chi connectivity index (χ3n) is 5.12. The molecule has 7 nitrogen and oxygen atoms in total. The van der Waals surface area contributed by atoms with Crippen LogP contribution in [0.3, 0.4) is 0 Å². The monoisotopic (exact) mass is 470 g/mol. The number of hydrogen-bond acceptors (Lipinski definition) is 5. The average molecular weight is 471 g/mol. The van der Waals surface area contributed by atoms with E-state index in [0.29, 0.717) is 12.8 Å². The molecule has 0 aromatic carbocycles. The second kappa shape index (κ2) is 20.5. The Balaban J connectivity index is -0.00000364. The van der Waals surface area contributed by atoms with Crippen molar-refractivity contribution in [1.82, 2.24) is 0 Å². The van der Waals surface area contributed by atoms with Crippen LogP contribution in [0.25, 0.3) is 0 Å². The fourth-order valence-corrected chi connectivity index (χ4v) is 3.91. The molecule has 0 atom stereocenters. The summed E-state index contributed by atoms with van der Waals surface area (Å²) in [5.41, 5.74) is -1.42. The number of carbonyl (C=O) groups is 2. The van der Waals surface area contributed by atoms with E-state index >= 15 is 0 Å². The van der Waals surface area contributed by atoms with E-state index in [-0.39, 0.29) is 72.0 Å². The van der Waals surface area contributed by atoms with Crippen LogP contribution in [0.1, 0.15) is 110 Å². The van der Waals surface area contributed by atoms with Crippen LogP contribution in [0, 0.1) is 5.41 Å². The molecule has 10 heteroatoms. The van der Waals surface area contributed by atoms with E-state index in [4.69, 9.17) is 4.55 Å². The van der Waals surface area contributed by atoms with Gasteiger partial charge in [-0.3, -0.25) is 14.1 Å². The van der Waals surface area contributed by atoms with E-state index in [0.717, 1.165) is 64.2 Å². The fraction of sp³-hybridized carbons (Fsp3) is 0.900. The third kappa shape index (κ3) is 18.4. The topological polar surface area (TPSA) is 118 Å². The molecule has 0 saturated heterocycles. The van der Waals surface area contributed by atoms with Gasteiger partial charge in [0, 0.05) is 0 Å².